The summed E-state index contributed by atoms with van der Waals surface area (Å²) in [5, 5.41) is 9.39. The number of rotatable bonds is 3. The summed E-state index contributed by atoms with van der Waals surface area (Å²) in [6.45, 7) is 8.23. The SMILES string of the molecule is CCN1CCN(C2CCCC(N)(CO)C2)CC1. The van der Waals surface area contributed by atoms with Gasteiger partial charge in [-0.05, 0) is 32.2 Å². The average molecular weight is 241 g/mol. The van der Waals surface area contributed by atoms with Gasteiger partial charge in [0.15, 0.2) is 0 Å². The van der Waals surface area contributed by atoms with Gasteiger partial charge in [-0.2, -0.15) is 0 Å². The zero-order valence-corrected chi connectivity index (χ0v) is 11.1. The van der Waals surface area contributed by atoms with Crippen molar-refractivity contribution in [2.75, 3.05) is 39.3 Å². The molecule has 2 fully saturated rings. The third kappa shape index (κ3) is 3.19. The minimum atomic E-state index is -0.315. The van der Waals surface area contributed by atoms with Crippen LogP contribution in [-0.2, 0) is 0 Å². The second-order valence-corrected chi connectivity index (χ2v) is 5.74. The minimum absolute atomic E-state index is 0.137. The number of likely N-dealkylation sites (N-methyl/N-ethyl adjacent to an activating group) is 1. The predicted octanol–water partition coefficient (Wildman–Crippen LogP) is 0.256. The molecule has 2 rings (SSSR count). The largest absolute Gasteiger partial charge is 0.394 e. The zero-order valence-electron chi connectivity index (χ0n) is 11.1. The molecule has 0 aromatic heterocycles. The highest BCUT2D eigenvalue weighted by atomic mass is 16.3. The molecule has 0 spiro atoms. The second-order valence-electron chi connectivity index (χ2n) is 5.74. The van der Waals surface area contributed by atoms with E-state index in [2.05, 4.69) is 16.7 Å². The second kappa shape index (κ2) is 5.65. The molecule has 4 nitrogen and oxygen atoms in total. The first kappa shape index (κ1) is 13.3. The molecule has 17 heavy (non-hydrogen) atoms. The van der Waals surface area contributed by atoms with Gasteiger partial charge < -0.3 is 15.7 Å². The quantitative estimate of drug-likeness (QED) is 0.744. The lowest BCUT2D eigenvalue weighted by Gasteiger charge is -2.45. The molecule has 3 N–H and O–H groups in total. The molecule has 1 heterocycles. The van der Waals surface area contributed by atoms with Crippen LogP contribution in [0.1, 0.15) is 32.6 Å². The van der Waals surface area contributed by atoms with E-state index in [1.807, 2.05) is 0 Å². The predicted molar refractivity (Wildman–Crippen MR) is 69.9 cm³/mol. The highest BCUT2D eigenvalue weighted by Gasteiger charge is 2.35. The number of aliphatic hydroxyl groups excluding tert-OH is 1. The summed E-state index contributed by atoms with van der Waals surface area (Å²) in [6, 6.07) is 0.597. The molecule has 1 saturated carbocycles. The van der Waals surface area contributed by atoms with E-state index in [9.17, 15) is 5.11 Å². The molecule has 2 aliphatic rings. The highest BCUT2D eigenvalue weighted by molar-refractivity contribution is 4.94. The van der Waals surface area contributed by atoms with E-state index in [0.717, 1.165) is 25.8 Å². The van der Waals surface area contributed by atoms with E-state index in [1.165, 1.54) is 32.6 Å². The van der Waals surface area contributed by atoms with E-state index in [4.69, 9.17) is 5.73 Å². The normalized spacial score (nSPS) is 37.2. The van der Waals surface area contributed by atoms with E-state index in [-0.39, 0.29) is 12.1 Å². The molecular weight excluding hydrogens is 214 g/mol. The van der Waals surface area contributed by atoms with Crippen LogP contribution in [0.4, 0.5) is 0 Å². The van der Waals surface area contributed by atoms with Gasteiger partial charge >= 0.3 is 0 Å². The standard InChI is InChI=1S/C13H27N3O/c1-2-15-6-8-16(9-7-15)12-4-3-5-13(14,10-12)11-17/h12,17H,2-11,14H2,1H3. The first-order valence-electron chi connectivity index (χ1n) is 7.03. The maximum Gasteiger partial charge on any atom is 0.0611 e. The van der Waals surface area contributed by atoms with Gasteiger partial charge in [0.05, 0.1) is 6.61 Å². The van der Waals surface area contributed by atoms with Crippen molar-refractivity contribution in [2.24, 2.45) is 5.73 Å². The summed E-state index contributed by atoms with van der Waals surface area (Å²) in [5.74, 6) is 0. The smallest absolute Gasteiger partial charge is 0.0611 e. The van der Waals surface area contributed by atoms with Gasteiger partial charge in [0.2, 0.25) is 0 Å². The fourth-order valence-electron chi connectivity index (χ4n) is 3.26. The molecule has 0 aromatic rings. The Morgan fingerprint density at radius 1 is 1.29 bits per heavy atom. The summed E-state index contributed by atoms with van der Waals surface area (Å²) < 4.78 is 0. The minimum Gasteiger partial charge on any atom is -0.394 e. The van der Waals surface area contributed by atoms with Crippen LogP contribution in [0.5, 0.6) is 0 Å². The first-order chi connectivity index (χ1) is 8.17. The fraction of sp³-hybridized carbons (Fsp3) is 1.00. The molecule has 1 aliphatic heterocycles. The average Bonchev–Trinajstić information content (AvgIpc) is 2.39. The number of hydrogen-bond donors (Lipinski definition) is 2. The fourth-order valence-corrected chi connectivity index (χ4v) is 3.26. The lowest BCUT2D eigenvalue weighted by Crippen LogP contribution is -2.56. The third-order valence-electron chi connectivity index (χ3n) is 4.54. The number of nitrogens with two attached hydrogens (primary N) is 1. The van der Waals surface area contributed by atoms with Crippen molar-refractivity contribution in [3.63, 3.8) is 0 Å². The summed E-state index contributed by atoms with van der Waals surface area (Å²) in [5.41, 5.74) is 5.91. The van der Waals surface area contributed by atoms with E-state index in [0.29, 0.717) is 6.04 Å². The van der Waals surface area contributed by atoms with Crippen molar-refractivity contribution in [1.82, 2.24) is 9.80 Å². The highest BCUT2D eigenvalue weighted by Crippen LogP contribution is 2.29. The Hall–Kier alpha value is -0.160. The summed E-state index contributed by atoms with van der Waals surface area (Å²) in [7, 11) is 0. The Morgan fingerprint density at radius 3 is 2.59 bits per heavy atom. The van der Waals surface area contributed by atoms with Crippen molar-refractivity contribution in [3.8, 4) is 0 Å². The zero-order chi connectivity index (χ0) is 12.3. The van der Waals surface area contributed by atoms with E-state index in [1.54, 1.807) is 0 Å². The van der Waals surface area contributed by atoms with Crippen LogP contribution < -0.4 is 5.73 Å². The van der Waals surface area contributed by atoms with Gasteiger partial charge in [0, 0.05) is 37.8 Å². The Morgan fingerprint density at radius 2 is 2.00 bits per heavy atom. The molecular formula is C13H27N3O. The van der Waals surface area contributed by atoms with E-state index < -0.39 is 0 Å². The lowest BCUT2D eigenvalue weighted by atomic mass is 9.79. The molecule has 0 radical (unpaired) electrons. The molecule has 2 unspecified atom stereocenters. The number of nitrogens with zero attached hydrogens (tertiary/aromatic N) is 2. The van der Waals surface area contributed by atoms with Gasteiger partial charge in [-0.3, -0.25) is 4.90 Å². The third-order valence-corrected chi connectivity index (χ3v) is 4.54. The molecule has 1 aliphatic carbocycles. The molecule has 0 aromatic carbocycles. The van der Waals surface area contributed by atoms with Crippen LogP contribution in [0, 0.1) is 0 Å². The van der Waals surface area contributed by atoms with Gasteiger partial charge in [-0.25, -0.2) is 0 Å². The summed E-state index contributed by atoms with van der Waals surface area (Å²) >= 11 is 0. The van der Waals surface area contributed by atoms with Crippen LogP contribution in [-0.4, -0.2) is 65.8 Å². The summed E-state index contributed by atoms with van der Waals surface area (Å²) in [6.07, 6.45) is 4.37. The molecule has 0 amide bonds. The maximum absolute atomic E-state index is 9.39. The molecule has 0 bridgehead atoms. The summed E-state index contributed by atoms with van der Waals surface area (Å²) in [4.78, 5) is 5.09. The number of hydrogen-bond acceptors (Lipinski definition) is 4. The first-order valence-corrected chi connectivity index (χ1v) is 7.03. The van der Waals surface area contributed by atoms with Gasteiger partial charge in [0.1, 0.15) is 0 Å². The maximum atomic E-state index is 9.39. The van der Waals surface area contributed by atoms with E-state index >= 15 is 0 Å². The van der Waals surface area contributed by atoms with Gasteiger partial charge in [-0.1, -0.05) is 6.92 Å². The lowest BCUT2D eigenvalue weighted by molar-refractivity contribution is 0.0469. The monoisotopic (exact) mass is 241 g/mol. The van der Waals surface area contributed by atoms with Crippen LogP contribution in [0.25, 0.3) is 0 Å². The van der Waals surface area contributed by atoms with Crippen LogP contribution in [0.15, 0.2) is 0 Å². The van der Waals surface area contributed by atoms with Crippen LogP contribution >= 0.6 is 0 Å². The van der Waals surface area contributed by atoms with Crippen LogP contribution in [0.3, 0.4) is 0 Å². The van der Waals surface area contributed by atoms with Crippen molar-refractivity contribution in [3.05, 3.63) is 0 Å². The Balaban J connectivity index is 1.86. The van der Waals surface area contributed by atoms with Crippen molar-refractivity contribution < 1.29 is 5.11 Å². The van der Waals surface area contributed by atoms with Crippen molar-refractivity contribution in [1.29, 1.82) is 0 Å². The van der Waals surface area contributed by atoms with Gasteiger partial charge in [0.25, 0.3) is 0 Å². The molecule has 4 heteroatoms. The Labute approximate surface area is 105 Å². The molecule has 1 saturated heterocycles. The Bertz CT molecular complexity index is 241. The number of piperazine rings is 1. The van der Waals surface area contributed by atoms with Crippen molar-refractivity contribution in [2.45, 2.75) is 44.2 Å². The Kier molecular flexibility index (Phi) is 4.42. The molecule has 100 valence electrons. The van der Waals surface area contributed by atoms with Crippen LogP contribution in [0.2, 0.25) is 0 Å². The molecule has 2 atom stereocenters. The van der Waals surface area contributed by atoms with Crippen molar-refractivity contribution >= 4 is 0 Å². The van der Waals surface area contributed by atoms with Gasteiger partial charge in [-0.15, -0.1) is 0 Å². The topological polar surface area (TPSA) is 52.7 Å². The number of aliphatic hydroxyl groups is 1.